The van der Waals surface area contributed by atoms with E-state index < -0.39 is 0 Å². The highest BCUT2D eigenvalue weighted by atomic mass is 35.5. The Balaban J connectivity index is 2.13. The Hall–Kier alpha value is -1.71. The maximum atomic E-state index is 12.1. The monoisotopic (exact) mass is 308 g/mol. The molecule has 0 aliphatic heterocycles. The molecule has 3 nitrogen and oxygen atoms in total. The second-order valence-corrected chi connectivity index (χ2v) is 5.28. The van der Waals surface area contributed by atoms with Gasteiger partial charge in [0.05, 0.1) is 10.6 Å². The van der Waals surface area contributed by atoms with Gasteiger partial charge in [-0.15, -0.1) is 0 Å². The lowest BCUT2D eigenvalue weighted by atomic mass is 10.1. The van der Waals surface area contributed by atoms with Gasteiger partial charge >= 0.3 is 0 Å². The zero-order valence-corrected chi connectivity index (χ0v) is 12.4. The van der Waals surface area contributed by atoms with Crippen LogP contribution in [0, 0.1) is 6.92 Å². The van der Waals surface area contributed by atoms with E-state index in [9.17, 15) is 4.79 Å². The summed E-state index contributed by atoms with van der Waals surface area (Å²) in [5.41, 5.74) is 8.83. The lowest BCUT2D eigenvalue weighted by Crippen LogP contribution is -2.23. The number of nitrogen functional groups attached to an aromatic ring is 1. The summed E-state index contributed by atoms with van der Waals surface area (Å²) in [5, 5.41) is 3.66. The lowest BCUT2D eigenvalue weighted by molar-refractivity contribution is 0.0951. The van der Waals surface area contributed by atoms with Crippen molar-refractivity contribution in [2.75, 3.05) is 5.73 Å². The molecule has 0 radical (unpaired) electrons. The smallest absolute Gasteiger partial charge is 0.253 e. The van der Waals surface area contributed by atoms with Gasteiger partial charge in [0.2, 0.25) is 0 Å². The molecule has 2 aromatic carbocycles. The predicted octanol–water partition coefficient (Wildman–Crippen LogP) is 3.81. The van der Waals surface area contributed by atoms with Gasteiger partial charge in [-0.2, -0.15) is 0 Å². The van der Waals surface area contributed by atoms with Crippen molar-refractivity contribution < 1.29 is 4.79 Å². The zero-order valence-electron chi connectivity index (χ0n) is 10.9. The van der Waals surface area contributed by atoms with Gasteiger partial charge < -0.3 is 11.1 Å². The van der Waals surface area contributed by atoms with Crippen LogP contribution in [0.1, 0.15) is 21.5 Å². The quantitative estimate of drug-likeness (QED) is 0.847. The van der Waals surface area contributed by atoms with E-state index in [2.05, 4.69) is 5.32 Å². The summed E-state index contributed by atoms with van der Waals surface area (Å²) in [6, 6.07) is 10.4. The third kappa shape index (κ3) is 3.24. The Bertz CT molecular complexity index is 656. The molecular formula is C15H14Cl2N2O. The van der Waals surface area contributed by atoms with Gasteiger partial charge in [-0.3, -0.25) is 4.79 Å². The van der Waals surface area contributed by atoms with Crippen LogP contribution in [-0.4, -0.2) is 5.91 Å². The molecule has 0 aliphatic carbocycles. The van der Waals surface area contributed by atoms with E-state index >= 15 is 0 Å². The molecule has 0 aliphatic rings. The number of carbonyl (C=O) groups excluding carboxylic acids is 1. The Morgan fingerprint density at radius 1 is 1.25 bits per heavy atom. The minimum absolute atomic E-state index is 0.265. The molecule has 5 heteroatoms. The molecule has 0 saturated heterocycles. The molecule has 20 heavy (non-hydrogen) atoms. The topological polar surface area (TPSA) is 55.1 Å². The fraction of sp³-hybridized carbons (Fsp3) is 0.133. The van der Waals surface area contributed by atoms with Gasteiger partial charge in [-0.1, -0.05) is 35.3 Å². The van der Waals surface area contributed by atoms with Crippen LogP contribution in [0.2, 0.25) is 10.0 Å². The van der Waals surface area contributed by atoms with Crippen molar-refractivity contribution in [2.45, 2.75) is 13.5 Å². The number of amides is 1. The van der Waals surface area contributed by atoms with E-state index in [-0.39, 0.29) is 5.91 Å². The van der Waals surface area contributed by atoms with Crippen molar-refractivity contribution >= 4 is 34.8 Å². The number of halogens is 2. The Kier molecular flexibility index (Phi) is 4.53. The summed E-state index contributed by atoms with van der Waals surface area (Å²) >= 11 is 11.9. The van der Waals surface area contributed by atoms with Crippen molar-refractivity contribution in [3.05, 3.63) is 63.1 Å². The van der Waals surface area contributed by atoms with Crippen LogP contribution in [0.3, 0.4) is 0 Å². The largest absolute Gasteiger partial charge is 0.399 e. The molecule has 0 aromatic heterocycles. The zero-order chi connectivity index (χ0) is 14.7. The summed E-state index contributed by atoms with van der Waals surface area (Å²) in [5.74, 6) is -0.265. The number of anilines is 1. The Morgan fingerprint density at radius 2 is 2.00 bits per heavy atom. The van der Waals surface area contributed by atoms with E-state index in [1.54, 1.807) is 18.2 Å². The first-order chi connectivity index (χ1) is 9.49. The number of nitrogens with two attached hydrogens (primary N) is 1. The molecule has 0 bridgehead atoms. The van der Waals surface area contributed by atoms with Crippen LogP contribution in [0.25, 0.3) is 0 Å². The number of carbonyl (C=O) groups is 1. The SMILES string of the molecule is Cc1c(N)cccc1CNC(=O)c1cc(Cl)ccc1Cl. The molecule has 2 aromatic rings. The molecule has 104 valence electrons. The maximum Gasteiger partial charge on any atom is 0.253 e. The number of hydrogen-bond acceptors (Lipinski definition) is 2. The number of nitrogens with one attached hydrogen (secondary N) is 1. The number of hydrogen-bond donors (Lipinski definition) is 2. The average molecular weight is 309 g/mol. The van der Waals surface area contributed by atoms with Crippen molar-refractivity contribution in [2.24, 2.45) is 0 Å². The molecule has 0 unspecified atom stereocenters. The van der Waals surface area contributed by atoms with Crippen molar-refractivity contribution in [1.29, 1.82) is 0 Å². The van der Waals surface area contributed by atoms with E-state index in [4.69, 9.17) is 28.9 Å². The van der Waals surface area contributed by atoms with Crippen LogP contribution in [0.15, 0.2) is 36.4 Å². The van der Waals surface area contributed by atoms with Gasteiger partial charge in [0.1, 0.15) is 0 Å². The van der Waals surface area contributed by atoms with Crippen LogP contribution in [-0.2, 0) is 6.54 Å². The van der Waals surface area contributed by atoms with Crippen molar-refractivity contribution in [3.63, 3.8) is 0 Å². The lowest BCUT2D eigenvalue weighted by Gasteiger charge is -2.10. The molecule has 0 saturated carbocycles. The fourth-order valence-corrected chi connectivity index (χ4v) is 2.21. The van der Waals surface area contributed by atoms with Crippen LogP contribution in [0.4, 0.5) is 5.69 Å². The molecule has 0 atom stereocenters. The van der Waals surface area contributed by atoms with Gasteiger partial charge in [-0.05, 0) is 42.3 Å². The third-order valence-electron chi connectivity index (χ3n) is 3.10. The second-order valence-electron chi connectivity index (χ2n) is 4.44. The normalized spacial score (nSPS) is 10.3. The molecule has 2 rings (SSSR count). The molecule has 3 N–H and O–H groups in total. The summed E-state index contributed by atoms with van der Waals surface area (Å²) in [6.07, 6.45) is 0. The maximum absolute atomic E-state index is 12.1. The molecular weight excluding hydrogens is 295 g/mol. The molecule has 0 fully saturated rings. The Labute approximate surface area is 127 Å². The Morgan fingerprint density at radius 3 is 2.75 bits per heavy atom. The first kappa shape index (κ1) is 14.7. The standard InChI is InChI=1S/C15H14Cl2N2O/c1-9-10(3-2-4-14(9)18)8-19-15(20)12-7-11(16)5-6-13(12)17/h2-7H,8,18H2,1H3,(H,19,20). The third-order valence-corrected chi connectivity index (χ3v) is 3.66. The fourth-order valence-electron chi connectivity index (χ4n) is 1.84. The van der Waals surface area contributed by atoms with Crippen LogP contribution >= 0.6 is 23.2 Å². The molecule has 0 heterocycles. The summed E-state index contributed by atoms with van der Waals surface area (Å²) in [7, 11) is 0. The average Bonchev–Trinajstić information content (AvgIpc) is 2.43. The highest BCUT2D eigenvalue weighted by Crippen LogP contribution is 2.21. The van der Waals surface area contributed by atoms with Crippen LogP contribution in [0.5, 0.6) is 0 Å². The first-order valence-corrected chi connectivity index (χ1v) is 6.82. The van der Waals surface area contributed by atoms with E-state index in [0.717, 1.165) is 11.1 Å². The molecule has 1 amide bonds. The van der Waals surface area contributed by atoms with E-state index in [0.29, 0.717) is 27.8 Å². The minimum Gasteiger partial charge on any atom is -0.399 e. The van der Waals surface area contributed by atoms with Gasteiger partial charge in [0, 0.05) is 17.3 Å². The van der Waals surface area contributed by atoms with E-state index in [1.165, 1.54) is 0 Å². The van der Waals surface area contributed by atoms with Crippen LogP contribution < -0.4 is 11.1 Å². The van der Waals surface area contributed by atoms with E-state index in [1.807, 2.05) is 25.1 Å². The van der Waals surface area contributed by atoms with Gasteiger partial charge in [0.25, 0.3) is 5.91 Å². The first-order valence-electron chi connectivity index (χ1n) is 6.06. The highest BCUT2D eigenvalue weighted by Gasteiger charge is 2.11. The molecule has 0 spiro atoms. The summed E-state index contributed by atoms with van der Waals surface area (Å²) in [6.45, 7) is 2.31. The minimum atomic E-state index is -0.265. The predicted molar refractivity (Wildman–Crippen MR) is 83.2 cm³/mol. The number of rotatable bonds is 3. The van der Waals surface area contributed by atoms with Gasteiger partial charge in [-0.25, -0.2) is 0 Å². The summed E-state index contributed by atoms with van der Waals surface area (Å²) < 4.78 is 0. The second kappa shape index (κ2) is 6.16. The van der Waals surface area contributed by atoms with Gasteiger partial charge in [0.15, 0.2) is 0 Å². The highest BCUT2D eigenvalue weighted by molar-refractivity contribution is 6.35. The summed E-state index contributed by atoms with van der Waals surface area (Å²) in [4.78, 5) is 12.1. The van der Waals surface area contributed by atoms with Crippen molar-refractivity contribution in [1.82, 2.24) is 5.32 Å². The van der Waals surface area contributed by atoms with Crippen molar-refractivity contribution in [3.8, 4) is 0 Å². The number of benzene rings is 2.